The van der Waals surface area contributed by atoms with E-state index in [4.69, 9.17) is 4.74 Å². The Morgan fingerprint density at radius 1 is 1.20 bits per heavy atom. The molecule has 0 spiro atoms. The van der Waals surface area contributed by atoms with Crippen LogP contribution < -0.4 is 0 Å². The van der Waals surface area contributed by atoms with Gasteiger partial charge in [-0.05, 0) is 6.42 Å². The monoisotopic (exact) mass is 309 g/mol. The summed E-state index contributed by atoms with van der Waals surface area (Å²) in [5.41, 5.74) is 0. The van der Waals surface area contributed by atoms with Gasteiger partial charge in [-0.3, -0.25) is 0 Å². The second kappa shape index (κ2) is 12.5. The van der Waals surface area contributed by atoms with Gasteiger partial charge in [-0.1, -0.05) is 19.8 Å². The van der Waals surface area contributed by atoms with Crippen molar-refractivity contribution in [3.63, 3.8) is 0 Å². The Bertz CT molecular complexity index is 42.5. The normalized spacial score (nSPS) is 9.00. The Morgan fingerprint density at radius 2 is 1.80 bits per heavy atom. The fourth-order valence-electron chi connectivity index (χ4n) is 0.553. The number of hydrogen-bond donors (Lipinski definition) is 0. The van der Waals surface area contributed by atoms with Crippen LogP contribution in [0.25, 0.3) is 0 Å². The van der Waals surface area contributed by atoms with Crippen molar-refractivity contribution in [2.24, 2.45) is 0 Å². The molecule has 0 saturated heterocycles. The standard InChI is InChI=1S/C8H17O.Hf/c1-3-5-7-9-8-6-4-2;/h1,3-8H2,2H3;/q-1;. The van der Waals surface area contributed by atoms with Crippen LogP contribution in [-0.2, 0) is 30.6 Å². The first-order valence-electron chi connectivity index (χ1n) is 3.78. The van der Waals surface area contributed by atoms with E-state index < -0.39 is 0 Å². The van der Waals surface area contributed by atoms with Crippen molar-refractivity contribution in [1.29, 1.82) is 0 Å². The van der Waals surface area contributed by atoms with Crippen molar-refractivity contribution >= 4 is 0 Å². The van der Waals surface area contributed by atoms with Gasteiger partial charge in [-0.25, -0.2) is 0 Å². The Morgan fingerprint density at radius 3 is 2.30 bits per heavy atom. The Kier molecular flexibility index (Phi) is 16.8. The van der Waals surface area contributed by atoms with E-state index in [9.17, 15) is 0 Å². The summed E-state index contributed by atoms with van der Waals surface area (Å²) in [6.07, 6.45) is 4.51. The maximum absolute atomic E-state index is 5.27. The van der Waals surface area contributed by atoms with Crippen molar-refractivity contribution < 1.29 is 30.6 Å². The molecule has 0 N–H and O–H groups in total. The minimum Gasteiger partial charge on any atom is -0.382 e. The molecule has 0 unspecified atom stereocenters. The van der Waals surface area contributed by atoms with Gasteiger partial charge in [0.1, 0.15) is 0 Å². The molecule has 0 aliphatic heterocycles. The zero-order valence-electron chi connectivity index (χ0n) is 6.86. The van der Waals surface area contributed by atoms with Gasteiger partial charge in [-0.15, -0.1) is 0 Å². The minimum atomic E-state index is 0. The molecule has 0 amide bonds. The summed E-state index contributed by atoms with van der Waals surface area (Å²) in [5, 5.41) is 0. The summed E-state index contributed by atoms with van der Waals surface area (Å²) < 4.78 is 5.27. The van der Waals surface area contributed by atoms with Crippen LogP contribution in [0.15, 0.2) is 0 Å². The van der Waals surface area contributed by atoms with Gasteiger partial charge in [-0.2, -0.15) is 6.42 Å². The molecule has 0 fully saturated rings. The number of ether oxygens (including phenoxy) is 1. The Balaban J connectivity index is 0. The van der Waals surface area contributed by atoms with Crippen molar-refractivity contribution in [2.75, 3.05) is 13.2 Å². The Hall–Kier alpha value is 0.830. The molecule has 0 bridgehead atoms. The molecule has 1 nitrogen and oxygen atoms in total. The van der Waals surface area contributed by atoms with Gasteiger partial charge in [0.2, 0.25) is 0 Å². The molecule has 0 aliphatic carbocycles. The van der Waals surface area contributed by atoms with Crippen LogP contribution in [0, 0.1) is 6.92 Å². The van der Waals surface area contributed by atoms with E-state index >= 15 is 0 Å². The minimum absolute atomic E-state index is 0. The molecule has 60 valence electrons. The summed E-state index contributed by atoms with van der Waals surface area (Å²) >= 11 is 0. The molecule has 0 heterocycles. The molecule has 10 heavy (non-hydrogen) atoms. The third-order valence-corrected chi connectivity index (χ3v) is 1.18. The van der Waals surface area contributed by atoms with Gasteiger partial charge >= 0.3 is 0 Å². The van der Waals surface area contributed by atoms with Crippen molar-refractivity contribution in [3.8, 4) is 0 Å². The van der Waals surface area contributed by atoms with E-state index in [1.165, 1.54) is 12.8 Å². The maximum atomic E-state index is 5.27. The first-order chi connectivity index (χ1) is 4.41. The van der Waals surface area contributed by atoms with Crippen molar-refractivity contribution in [2.45, 2.75) is 32.6 Å². The number of hydrogen-bond acceptors (Lipinski definition) is 1. The molecule has 0 atom stereocenters. The van der Waals surface area contributed by atoms with Crippen LogP contribution in [0.1, 0.15) is 32.6 Å². The zero-order valence-corrected chi connectivity index (χ0v) is 10.5. The van der Waals surface area contributed by atoms with Crippen LogP contribution in [0.4, 0.5) is 0 Å². The quantitative estimate of drug-likeness (QED) is 0.416. The van der Waals surface area contributed by atoms with Gasteiger partial charge in [0.05, 0.1) is 0 Å². The van der Waals surface area contributed by atoms with Gasteiger partial charge in [0.25, 0.3) is 0 Å². The predicted octanol–water partition coefficient (Wildman–Crippen LogP) is 2.41. The zero-order chi connectivity index (χ0) is 6.95. The molecule has 0 aromatic heterocycles. The third kappa shape index (κ3) is 11.6. The largest absolute Gasteiger partial charge is 0.382 e. The summed E-state index contributed by atoms with van der Waals surface area (Å²) in [4.78, 5) is 0. The topological polar surface area (TPSA) is 9.23 Å². The predicted molar refractivity (Wildman–Crippen MR) is 40.3 cm³/mol. The van der Waals surface area contributed by atoms with Gasteiger partial charge in [0.15, 0.2) is 0 Å². The molecule has 0 rings (SSSR count). The third-order valence-electron chi connectivity index (χ3n) is 1.18. The van der Waals surface area contributed by atoms with Crippen LogP contribution in [-0.4, -0.2) is 13.2 Å². The smallest absolute Gasteiger partial charge is 0.0465 e. The second-order valence-corrected chi connectivity index (χ2v) is 2.17. The fraction of sp³-hybridized carbons (Fsp3) is 0.875. The maximum Gasteiger partial charge on any atom is 0.0465 e. The Labute approximate surface area is 83.3 Å². The molecule has 0 aromatic carbocycles. The van der Waals surface area contributed by atoms with E-state index in [1.54, 1.807) is 0 Å². The number of unbranched alkanes of at least 4 members (excludes halogenated alkanes) is 2. The summed E-state index contributed by atoms with van der Waals surface area (Å²) in [7, 11) is 0. The van der Waals surface area contributed by atoms with Crippen molar-refractivity contribution in [1.82, 2.24) is 0 Å². The molecular formula is C8H17HfO-. The van der Waals surface area contributed by atoms with Crippen LogP contribution >= 0.6 is 0 Å². The van der Waals surface area contributed by atoms with Crippen LogP contribution in [0.5, 0.6) is 0 Å². The average molecular weight is 308 g/mol. The molecule has 0 saturated carbocycles. The van der Waals surface area contributed by atoms with E-state index in [0.29, 0.717) is 0 Å². The number of rotatable bonds is 6. The van der Waals surface area contributed by atoms with Gasteiger partial charge in [0, 0.05) is 39.1 Å². The van der Waals surface area contributed by atoms with Crippen LogP contribution in [0.3, 0.4) is 0 Å². The summed E-state index contributed by atoms with van der Waals surface area (Å²) in [5.74, 6) is 0. The van der Waals surface area contributed by atoms with E-state index in [2.05, 4.69) is 13.8 Å². The first-order valence-corrected chi connectivity index (χ1v) is 3.78. The molecule has 0 radical (unpaired) electrons. The van der Waals surface area contributed by atoms with Crippen LogP contribution in [0.2, 0.25) is 0 Å². The molecule has 2 heteroatoms. The average Bonchev–Trinajstić information content (AvgIpc) is 1.89. The fourth-order valence-corrected chi connectivity index (χ4v) is 0.553. The molecular weight excluding hydrogens is 291 g/mol. The van der Waals surface area contributed by atoms with Crippen molar-refractivity contribution in [3.05, 3.63) is 6.92 Å². The second-order valence-electron chi connectivity index (χ2n) is 2.17. The summed E-state index contributed by atoms with van der Waals surface area (Å²) in [6.45, 7) is 7.71. The SMILES string of the molecule is [CH2-]CCCOCCCC.[Hf]. The van der Waals surface area contributed by atoms with E-state index in [1.807, 2.05) is 0 Å². The summed E-state index contributed by atoms with van der Waals surface area (Å²) in [6, 6.07) is 0. The van der Waals surface area contributed by atoms with Gasteiger partial charge < -0.3 is 11.7 Å². The van der Waals surface area contributed by atoms with E-state index in [-0.39, 0.29) is 25.8 Å². The first kappa shape index (κ1) is 13.4. The van der Waals surface area contributed by atoms with E-state index in [0.717, 1.165) is 26.1 Å². The molecule has 0 aromatic rings. The molecule has 0 aliphatic rings.